The van der Waals surface area contributed by atoms with Crippen LogP contribution in [-0.4, -0.2) is 69.4 Å². The Balaban J connectivity index is 5.00. The number of allylic oxidation sites excluding steroid dienone is 3. The van der Waals surface area contributed by atoms with Crippen molar-refractivity contribution >= 4 is 19.7 Å². The van der Waals surface area contributed by atoms with Gasteiger partial charge in [0.15, 0.2) is 0 Å². The van der Waals surface area contributed by atoms with Crippen LogP contribution < -0.4 is 10.2 Å². The number of nitrogens with one attached hydrogen (secondary N) is 1. The Morgan fingerprint density at radius 1 is 0.459 bits per heavy atom. The number of ether oxygens (including phenoxy) is 1. The number of carbonyl (C=O) groups is 2. The minimum Gasteiger partial charge on any atom is -0.756 e. The van der Waals surface area contributed by atoms with E-state index < -0.39 is 20.0 Å². The van der Waals surface area contributed by atoms with Crippen molar-refractivity contribution in [2.45, 2.75) is 335 Å². The maximum absolute atomic E-state index is 13.5. The Hall–Kier alpha value is -1.51. The maximum Gasteiger partial charge on any atom is 0.306 e. The van der Waals surface area contributed by atoms with Crippen LogP contribution in [0.3, 0.4) is 0 Å². The van der Waals surface area contributed by atoms with E-state index >= 15 is 0 Å². The highest BCUT2D eigenvalue weighted by molar-refractivity contribution is 7.45. The molecule has 0 fully saturated rings. The second-order valence-corrected chi connectivity index (χ2v) is 24.7. The first kappa shape index (κ1) is 72.5. The number of likely N-dealkylation sites (N-methyl/N-ethyl adjacent to an activating group) is 1. The van der Waals surface area contributed by atoms with E-state index in [2.05, 4.69) is 38.2 Å². The molecule has 0 heterocycles. The predicted molar refractivity (Wildman–Crippen MR) is 317 cm³/mol. The van der Waals surface area contributed by atoms with E-state index in [4.69, 9.17) is 13.8 Å². The first-order valence-electron chi connectivity index (χ1n) is 32.1. The molecule has 9 nitrogen and oxygen atoms in total. The Morgan fingerprint density at radius 3 is 1.15 bits per heavy atom. The highest BCUT2D eigenvalue weighted by Crippen LogP contribution is 2.38. The van der Waals surface area contributed by atoms with Crippen LogP contribution in [-0.2, 0) is 27.9 Å². The molecule has 0 aliphatic heterocycles. The van der Waals surface area contributed by atoms with E-state index in [1.807, 2.05) is 33.3 Å². The minimum absolute atomic E-state index is 0.0182. The molecule has 10 heteroatoms. The highest BCUT2D eigenvalue weighted by atomic mass is 31.2. The first-order valence-corrected chi connectivity index (χ1v) is 33.6. The number of amides is 1. The monoisotopic (exact) mass is 1060 g/mol. The molecule has 0 aliphatic rings. The van der Waals surface area contributed by atoms with Crippen molar-refractivity contribution in [3.63, 3.8) is 0 Å². The van der Waals surface area contributed by atoms with E-state index in [9.17, 15) is 19.0 Å². The quantitative estimate of drug-likeness (QED) is 0.0212. The number of phosphoric acid groups is 1. The van der Waals surface area contributed by atoms with Crippen LogP contribution in [0.25, 0.3) is 0 Å². The van der Waals surface area contributed by atoms with E-state index in [1.165, 1.54) is 231 Å². The molecule has 438 valence electrons. The number of hydrogen-bond donors (Lipinski definition) is 1. The van der Waals surface area contributed by atoms with Crippen LogP contribution in [0.5, 0.6) is 0 Å². The fourth-order valence-corrected chi connectivity index (χ4v) is 10.4. The molecule has 0 bridgehead atoms. The summed E-state index contributed by atoms with van der Waals surface area (Å²) >= 11 is 0. The van der Waals surface area contributed by atoms with Gasteiger partial charge in [0.2, 0.25) is 5.91 Å². The van der Waals surface area contributed by atoms with Crippen LogP contribution in [0.2, 0.25) is 0 Å². The van der Waals surface area contributed by atoms with Gasteiger partial charge >= 0.3 is 5.97 Å². The number of phosphoric ester groups is 1. The molecule has 3 atom stereocenters. The van der Waals surface area contributed by atoms with E-state index in [0.717, 1.165) is 57.8 Å². The Morgan fingerprint density at radius 2 is 0.784 bits per heavy atom. The summed E-state index contributed by atoms with van der Waals surface area (Å²) in [7, 11) is 1.20. The van der Waals surface area contributed by atoms with Gasteiger partial charge in [-0.3, -0.25) is 14.2 Å². The van der Waals surface area contributed by atoms with Gasteiger partial charge in [0.1, 0.15) is 19.3 Å². The summed E-state index contributed by atoms with van der Waals surface area (Å²) in [5.74, 6) is -0.525. The van der Waals surface area contributed by atoms with Crippen molar-refractivity contribution < 1.29 is 37.3 Å². The van der Waals surface area contributed by atoms with Crippen molar-refractivity contribution in [3.8, 4) is 0 Å². The molecular weight excluding hydrogens is 940 g/mol. The number of nitrogens with zero attached hydrogens (tertiary/aromatic N) is 1. The first-order chi connectivity index (χ1) is 35.9. The highest BCUT2D eigenvalue weighted by Gasteiger charge is 2.27. The lowest BCUT2D eigenvalue weighted by atomic mass is 10.0. The van der Waals surface area contributed by atoms with Crippen molar-refractivity contribution in [1.29, 1.82) is 0 Å². The summed E-state index contributed by atoms with van der Waals surface area (Å²) in [6, 6.07) is -0.880. The average Bonchev–Trinajstić information content (AvgIpc) is 3.36. The number of carbonyl (C=O) groups excluding carboxylic acids is 2. The summed E-state index contributed by atoms with van der Waals surface area (Å²) in [5.41, 5.74) is 0. The van der Waals surface area contributed by atoms with Gasteiger partial charge in [-0.2, -0.15) is 0 Å². The van der Waals surface area contributed by atoms with E-state index in [1.54, 1.807) is 0 Å². The molecule has 0 aromatic rings. The lowest BCUT2D eigenvalue weighted by Gasteiger charge is -2.30. The smallest absolute Gasteiger partial charge is 0.306 e. The third kappa shape index (κ3) is 55.3. The fraction of sp³-hybridized carbons (Fsp3) is 0.906. The number of quaternary nitrogens is 1. The Labute approximate surface area is 460 Å². The molecule has 1 amide bonds. The molecule has 0 rings (SSSR count). The fourth-order valence-electron chi connectivity index (χ4n) is 9.64. The third-order valence-electron chi connectivity index (χ3n) is 14.6. The lowest BCUT2D eigenvalue weighted by molar-refractivity contribution is -0.870. The Bertz CT molecular complexity index is 1320. The second-order valence-electron chi connectivity index (χ2n) is 23.3. The van der Waals surface area contributed by atoms with Gasteiger partial charge in [-0.1, -0.05) is 277 Å². The SMILES string of the molecule is CCCCCCCC/C=C/CCCCCCCCCCCCCCCCCC(=O)OC(/C=C\CCCCCCCCCCCC)C(COP(=O)([O-])OCC[N+](C)(C)C)NC(=O)CCCCCCCCCCCCC. The molecule has 3 unspecified atom stereocenters. The summed E-state index contributed by atoms with van der Waals surface area (Å²) in [4.78, 5) is 39.9. The van der Waals surface area contributed by atoms with Crippen molar-refractivity contribution in [3.05, 3.63) is 24.3 Å². The Kier molecular flexibility index (Phi) is 53.7. The van der Waals surface area contributed by atoms with Gasteiger partial charge in [0.05, 0.1) is 33.8 Å². The lowest BCUT2D eigenvalue weighted by Crippen LogP contribution is -2.47. The van der Waals surface area contributed by atoms with Crippen molar-refractivity contribution in [2.75, 3.05) is 40.9 Å². The zero-order valence-electron chi connectivity index (χ0n) is 50.1. The standard InChI is InChI=1S/C64H125N2O7P/c1-7-10-13-16-19-22-25-27-28-29-30-31-32-33-34-35-36-37-38-39-42-45-48-51-54-57-64(68)73-62(55-52-49-46-43-41-26-23-20-17-14-11-8-2)61(60-72-74(69,70)71-59-58-66(4,5)6)65-63(67)56-53-50-47-44-40-24-21-18-15-12-9-3/h27-28,52,55,61-62H,7-26,29-51,53-54,56-60H2,1-6H3,(H-,65,67,69,70)/b28-27+,55-52-. The van der Waals surface area contributed by atoms with Gasteiger partial charge in [-0.05, 0) is 57.4 Å². The number of esters is 1. The molecule has 1 N–H and O–H groups in total. The maximum atomic E-state index is 13.5. The second kappa shape index (κ2) is 54.8. The van der Waals surface area contributed by atoms with Crippen molar-refractivity contribution in [1.82, 2.24) is 5.32 Å². The molecule has 0 aromatic heterocycles. The van der Waals surface area contributed by atoms with Crippen LogP contribution in [0.4, 0.5) is 0 Å². The summed E-state index contributed by atoms with van der Waals surface area (Å²) < 4.78 is 30.3. The third-order valence-corrected chi connectivity index (χ3v) is 15.6. The number of unbranched alkanes of at least 4 members (excludes halogenated alkanes) is 41. The molecular formula is C64H125N2O7P. The van der Waals surface area contributed by atoms with Gasteiger partial charge < -0.3 is 28.5 Å². The summed E-state index contributed by atoms with van der Waals surface area (Å²) in [6.07, 6.45) is 64.4. The molecule has 0 aromatic carbocycles. The van der Waals surface area contributed by atoms with Gasteiger partial charge in [-0.25, -0.2) is 0 Å². The van der Waals surface area contributed by atoms with E-state index in [0.29, 0.717) is 17.4 Å². The molecule has 0 spiro atoms. The molecule has 0 saturated carbocycles. The average molecular weight is 1070 g/mol. The van der Waals surface area contributed by atoms with Crippen LogP contribution >= 0.6 is 7.82 Å². The van der Waals surface area contributed by atoms with Crippen LogP contribution in [0, 0.1) is 0 Å². The summed E-state index contributed by atoms with van der Waals surface area (Å²) in [5, 5.41) is 3.03. The normalized spacial score (nSPS) is 13.8. The number of hydrogen-bond acceptors (Lipinski definition) is 7. The van der Waals surface area contributed by atoms with E-state index in [-0.39, 0.29) is 31.5 Å². The zero-order chi connectivity index (χ0) is 54.3. The molecule has 0 saturated heterocycles. The predicted octanol–water partition coefficient (Wildman–Crippen LogP) is 19.1. The largest absolute Gasteiger partial charge is 0.756 e. The van der Waals surface area contributed by atoms with Gasteiger partial charge in [-0.15, -0.1) is 0 Å². The molecule has 0 aliphatic carbocycles. The van der Waals surface area contributed by atoms with Crippen LogP contribution in [0.15, 0.2) is 24.3 Å². The molecule has 0 radical (unpaired) electrons. The van der Waals surface area contributed by atoms with Gasteiger partial charge in [0, 0.05) is 12.8 Å². The van der Waals surface area contributed by atoms with Crippen molar-refractivity contribution in [2.24, 2.45) is 0 Å². The summed E-state index contributed by atoms with van der Waals surface area (Å²) in [6.45, 7) is 6.87. The molecule has 74 heavy (non-hydrogen) atoms. The van der Waals surface area contributed by atoms with Crippen LogP contribution in [0.1, 0.15) is 323 Å². The minimum atomic E-state index is -4.69. The zero-order valence-corrected chi connectivity index (χ0v) is 51.0. The van der Waals surface area contributed by atoms with Gasteiger partial charge in [0.25, 0.3) is 7.82 Å². The topological polar surface area (TPSA) is 114 Å². The number of rotatable bonds is 59.